The Hall–Kier alpha value is -0.830. The Labute approximate surface area is 108 Å². The average Bonchev–Trinajstić information content (AvgIpc) is 2.32. The van der Waals surface area contributed by atoms with Gasteiger partial charge < -0.3 is 5.32 Å². The molecule has 0 spiro atoms. The van der Waals surface area contributed by atoms with Gasteiger partial charge in [0.2, 0.25) is 5.95 Å². The molecule has 2 atom stereocenters. The lowest BCUT2D eigenvalue weighted by atomic mass is 9.81. The molecule has 3 nitrogen and oxygen atoms in total. The average molecular weight is 254 g/mol. The Bertz CT molecular complexity index is 339. The van der Waals surface area contributed by atoms with Gasteiger partial charge in [0.05, 0.1) is 17.4 Å². The van der Waals surface area contributed by atoms with Crippen LogP contribution in [0.15, 0.2) is 12.4 Å². The lowest BCUT2D eigenvalue weighted by Crippen LogP contribution is -2.17. The van der Waals surface area contributed by atoms with Crippen molar-refractivity contribution in [3.05, 3.63) is 17.4 Å². The minimum absolute atomic E-state index is 0.580. The van der Waals surface area contributed by atoms with Gasteiger partial charge in [0, 0.05) is 6.54 Å². The Morgan fingerprint density at radius 1 is 1.35 bits per heavy atom. The molecule has 1 aliphatic carbocycles. The summed E-state index contributed by atoms with van der Waals surface area (Å²) < 4.78 is 0. The van der Waals surface area contributed by atoms with Gasteiger partial charge in [-0.25, -0.2) is 9.97 Å². The Kier molecular flexibility index (Phi) is 4.60. The molecule has 94 valence electrons. The second kappa shape index (κ2) is 6.20. The first kappa shape index (κ1) is 12.6. The lowest BCUT2D eigenvalue weighted by molar-refractivity contribution is 0.274. The van der Waals surface area contributed by atoms with Crippen LogP contribution in [0.5, 0.6) is 0 Å². The summed E-state index contributed by atoms with van der Waals surface area (Å²) in [5.41, 5.74) is 0. The zero-order valence-electron chi connectivity index (χ0n) is 10.3. The Morgan fingerprint density at radius 3 is 2.82 bits per heavy atom. The van der Waals surface area contributed by atoms with Crippen molar-refractivity contribution in [2.75, 3.05) is 11.9 Å². The highest BCUT2D eigenvalue weighted by Gasteiger charge is 2.18. The van der Waals surface area contributed by atoms with Gasteiger partial charge in [0.25, 0.3) is 0 Å². The number of aromatic nitrogens is 2. The van der Waals surface area contributed by atoms with Gasteiger partial charge in [-0.15, -0.1) is 0 Å². The molecule has 1 aliphatic rings. The van der Waals surface area contributed by atoms with Crippen LogP contribution in [0.2, 0.25) is 5.02 Å². The number of nitrogens with one attached hydrogen (secondary N) is 1. The van der Waals surface area contributed by atoms with Crippen molar-refractivity contribution < 1.29 is 0 Å². The summed E-state index contributed by atoms with van der Waals surface area (Å²) in [5.74, 6) is 2.46. The van der Waals surface area contributed by atoms with Crippen LogP contribution in [-0.2, 0) is 0 Å². The number of nitrogens with zero attached hydrogens (tertiary/aromatic N) is 2. The van der Waals surface area contributed by atoms with Crippen molar-refractivity contribution in [1.29, 1.82) is 0 Å². The van der Waals surface area contributed by atoms with Crippen molar-refractivity contribution in [3.8, 4) is 0 Å². The first-order valence-corrected chi connectivity index (χ1v) is 6.83. The summed E-state index contributed by atoms with van der Waals surface area (Å²) in [6, 6.07) is 0. The van der Waals surface area contributed by atoms with E-state index in [0.717, 1.165) is 18.4 Å². The van der Waals surface area contributed by atoms with Crippen LogP contribution in [-0.4, -0.2) is 16.5 Å². The van der Waals surface area contributed by atoms with Gasteiger partial charge in [0.1, 0.15) is 0 Å². The van der Waals surface area contributed by atoms with Crippen molar-refractivity contribution in [2.45, 2.75) is 39.0 Å². The summed E-state index contributed by atoms with van der Waals surface area (Å²) in [6.45, 7) is 3.32. The van der Waals surface area contributed by atoms with Crippen LogP contribution in [0.4, 0.5) is 5.95 Å². The minimum Gasteiger partial charge on any atom is -0.354 e. The molecule has 1 aromatic rings. The van der Waals surface area contributed by atoms with E-state index in [1.807, 2.05) is 0 Å². The van der Waals surface area contributed by atoms with Crippen LogP contribution in [0.25, 0.3) is 0 Å². The topological polar surface area (TPSA) is 37.8 Å². The molecule has 2 unspecified atom stereocenters. The maximum absolute atomic E-state index is 5.73. The molecule has 2 rings (SSSR count). The van der Waals surface area contributed by atoms with Gasteiger partial charge >= 0.3 is 0 Å². The van der Waals surface area contributed by atoms with Crippen LogP contribution in [0, 0.1) is 11.8 Å². The van der Waals surface area contributed by atoms with E-state index in [9.17, 15) is 0 Å². The fourth-order valence-electron chi connectivity index (χ4n) is 2.61. The molecule has 0 amide bonds. The number of hydrogen-bond donors (Lipinski definition) is 1. The predicted molar refractivity (Wildman–Crippen MR) is 71.3 cm³/mol. The van der Waals surface area contributed by atoms with Gasteiger partial charge in [-0.1, -0.05) is 37.8 Å². The molecule has 0 radical (unpaired) electrons. The first-order chi connectivity index (χ1) is 8.24. The molecule has 1 fully saturated rings. The third-order valence-electron chi connectivity index (χ3n) is 3.50. The molecule has 0 aromatic carbocycles. The summed E-state index contributed by atoms with van der Waals surface area (Å²) >= 11 is 5.73. The minimum atomic E-state index is 0.580. The summed E-state index contributed by atoms with van der Waals surface area (Å²) in [6.07, 6.45) is 10.0. The molecular weight excluding hydrogens is 234 g/mol. The van der Waals surface area contributed by atoms with Gasteiger partial charge in [0.15, 0.2) is 0 Å². The number of anilines is 1. The second-order valence-corrected chi connectivity index (χ2v) is 5.51. The van der Waals surface area contributed by atoms with Crippen LogP contribution >= 0.6 is 11.6 Å². The second-order valence-electron chi connectivity index (χ2n) is 5.08. The monoisotopic (exact) mass is 253 g/mol. The quantitative estimate of drug-likeness (QED) is 0.888. The van der Waals surface area contributed by atoms with Gasteiger partial charge in [-0.3, -0.25) is 0 Å². The fourth-order valence-corrected chi connectivity index (χ4v) is 2.71. The number of hydrogen-bond acceptors (Lipinski definition) is 3. The van der Waals surface area contributed by atoms with Gasteiger partial charge in [-0.2, -0.15) is 0 Å². The maximum Gasteiger partial charge on any atom is 0.222 e. The summed E-state index contributed by atoms with van der Waals surface area (Å²) in [5, 5.41) is 3.83. The lowest BCUT2D eigenvalue weighted by Gasteiger charge is -2.26. The molecular formula is C13H20ClN3. The van der Waals surface area contributed by atoms with Crippen molar-refractivity contribution in [1.82, 2.24) is 9.97 Å². The van der Waals surface area contributed by atoms with Crippen molar-refractivity contribution >= 4 is 17.5 Å². The largest absolute Gasteiger partial charge is 0.354 e. The van der Waals surface area contributed by atoms with Gasteiger partial charge in [-0.05, 0) is 24.7 Å². The van der Waals surface area contributed by atoms with Crippen LogP contribution in [0.3, 0.4) is 0 Å². The van der Waals surface area contributed by atoms with Crippen LogP contribution in [0.1, 0.15) is 39.0 Å². The molecule has 1 aromatic heterocycles. The number of halogens is 1. The van der Waals surface area contributed by atoms with Crippen molar-refractivity contribution in [3.63, 3.8) is 0 Å². The highest BCUT2D eigenvalue weighted by Crippen LogP contribution is 2.30. The Morgan fingerprint density at radius 2 is 2.12 bits per heavy atom. The molecule has 1 heterocycles. The molecule has 0 aliphatic heterocycles. The molecule has 17 heavy (non-hydrogen) atoms. The first-order valence-electron chi connectivity index (χ1n) is 6.45. The third-order valence-corrected chi connectivity index (χ3v) is 3.70. The van der Waals surface area contributed by atoms with E-state index < -0.39 is 0 Å². The SMILES string of the molecule is CC1CCCC(CCNc2ncc(Cl)cn2)C1. The van der Waals surface area contributed by atoms with E-state index >= 15 is 0 Å². The highest BCUT2D eigenvalue weighted by molar-refractivity contribution is 6.30. The highest BCUT2D eigenvalue weighted by atomic mass is 35.5. The van der Waals surface area contributed by atoms with E-state index in [2.05, 4.69) is 22.2 Å². The van der Waals surface area contributed by atoms with E-state index in [1.54, 1.807) is 12.4 Å². The molecule has 1 N–H and O–H groups in total. The van der Waals surface area contributed by atoms with E-state index in [4.69, 9.17) is 11.6 Å². The fraction of sp³-hybridized carbons (Fsp3) is 0.692. The Balaban J connectivity index is 1.70. The smallest absolute Gasteiger partial charge is 0.222 e. The van der Waals surface area contributed by atoms with Crippen LogP contribution < -0.4 is 5.32 Å². The maximum atomic E-state index is 5.73. The molecule has 0 saturated heterocycles. The number of rotatable bonds is 4. The molecule has 1 saturated carbocycles. The summed E-state index contributed by atoms with van der Waals surface area (Å²) in [4.78, 5) is 8.24. The summed E-state index contributed by atoms with van der Waals surface area (Å²) in [7, 11) is 0. The predicted octanol–water partition coefficient (Wildman–Crippen LogP) is 3.76. The molecule has 4 heteroatoms. The zero-order valence-corrected chi connectivity index (χ0v) is 11.1. The normalized spacial score (nSPS) is 24.6. The third kappa shape index (κ3) is 4.15. The standard InChI is InChI=1S/C13H20ClN3/c1-10-3-2-4-11(7-10)5-6-15-13-16-8-12(14)9-17-13/h8-11H,2-7H2,1H3,(H,15,16,17). The van der Waals surface area contributed by atoms with Crippen molar-refractivity contribution in [2.24, 2.45) is 11.8 Å². The van der Waals surface area contributed by atoms with E-state index in [1.165, 1.54) is 32.1 Å². The van der Waals surface area contributed by atoms with E-state index in [-0.39, 0.29) is 0 Å². The zero-order chi connectivity index (χ0) is 12.1. The molecule has 0 bridgehead atoms. The van der Waals surface area contributed by atoms with E-state index in [0.29, 0.717) is 11.0 Å².